The molecule has 22 heavy (non-hydrogen) atoms. The summed E-state index contributed by atoms with van der Waals surface area (Å²) < 4.78 is 10.1. The quantitative estimate of drug-likeness (QED) is 0.468. The monoisotopic (exact) mass is 335 g/mol. The van der Waals surface area contributed by atoms with E-state index in [9.17, 15) is 4.79 Å². The summed E-state index contributed by atoms with van der Waals surface area (Å²) in [7, 11) is 2.78. The van der Waals surface area contributed by atoms with Crippen molar-refractivity contribution in [2.75, 3.05) is 14.2 Å². The van der Waals surface area contributed by atoms with E-state index in [1.54, 1.807) is 6.08 Å². The van der Waals surface area contributed by atoms with Crippen molar-refractivity contribution in [1.82, 2.24) is 4.98 Å². The number of hydrogen-bond donors (Lipinski definition) is 0. The third-order valence-corrected chi connectivity index (χ3v) is 3.96. The van der Waals surface area contributed by atoms with Gasteiger partial charge in [0.2, 0.25) is 0 Å². The summed E-state index contributed by atoms with van der Waals surface area (Å²) >= 11 is 7.19. The first-order valence-corrected chi connectivity index (χ1v) is 7.56. The third kappa shape index (κ3) is 3.96. The summed E-state index contributed by atoms with van der Waals surface area (Å²) in [4.78, 5) is 16.7. The molecule has 4 nitrogen and oxygen atoms in total. The van der Waals surface area contributed by atoms with Crippen molar-refractivity contribution in [3.05, 3.63) is 57.2 Å². The fraction of sp³-hybridized carbons (Fsp3) is 0.125. The van der Waals surface area contributed by atoms with Crippen molar-refractivity contribution in [3.8, 4) is 0 Å². The normalized spacial score (nSPS) is 11.7. The van der Waals surface area contributed by atoms with Gasteiger partial charge in [-0.15, -0.1) is 11.3 Å². The van der Waals surface area contributed by atoms with Gasteiger partial charge in [-0.1, -0.05) is 48.0 Å². The Morgan fingerprint density at radius 3 is 2.59 bits per heavy atom. The van der Waals surface area contributed by atoms with Crippen LogP contribution in [0.15, 0.2) is 36.6 Å². The summed E-state index contributed by atoms with van der Waals surface area (Å²) in [5, 5.41) is 0. The second kappa shape index (κ2) is 7.77. The Labute approximate surface area is 137 Å². The number of thiazole rings is 1. The van der Waals surface area contributed by atoms with Crippen LogP contribution < -0.4 is 0 Å². The minimum absolute atomic E-state index is 0.280. The van der Waals surface area contributed by atoms with Gasteiger partial charge < -0.3 is 9.47 Å². The number of methoxy groups -OCH3 is 2. The van der Waals surface area contributed by atoms with Gasteiger partial charge in [0.15, 0.2) is 4.47 Å². The van der Waals surface area contributed by atoms with Crippen molar-refractivity contribution in [2.45, 2.75) is 0 Å². The smallest absolute Gasteiger partial charge is 0.342 e. The molecule has 0 aliphatic heterocycles. The van der Waals surface area contributed by atoms with E-state index in [1.165, 1.54) is 31.8 Å². The Morgan fingerprint density at radius 2 is 1.95 bits per heavy atom. The zero-order valence-corrected chi connectivity index (χ0v) is 13.6. The van der Waals surface area contributed by atoms with Crippen molar-refractivity contribution < 1.29 is 14.3 Å². The molecular weight excluding hydrogens is 322 g/mol. The SMILES string of the molecule is CO/C=C(/C(=O)OC)c1sc(Cl)nc1/C=C/c1ccccc1. The second-order valence-corrected chi connectivity index (χ2v) is 5.77. The van der Waals surface area contributed by atoms with Gasteiger partial charge >= 0.3 is 5.97 Å². The van der Waals surface area contributed by atoms with Crippen molar-refractivity contribution in [1.29, 1.82) is 0 Å². The molecule has 0 saturated carbocycles. The number of hydrogen-bond acceptors (Lipinski definition) is 5. The van der Waals surface area contributed by atoms with Crippen LogP contribution in [0.2, 0.25) is 4.47 Å². The molecular formula is C16H14ClNO3S. The van der Waals surface area contributed by atoms with Crippen LogP contribution in [-0.2, 0) is 14.3 Å². The van der Waals surface area contributed by atoms with Gasteiger partial charge in [0, 0.05) is 0 Å². The Kier molecular flexibility index (Phi) is 5.75. The van der Waals surface area contributed by atoms with Gasteiger partial charge in [-0.2, -0.15) is 0 Å². The molecule has 0 N–H and O–H groups in total. The highest BCUT2D eigenvalue weighted by Gasteiger charge is 2.20. The van der Waals surface area contributed by atoms with Gasteiger partial charge in [-0.05, 0) is 11.6 Å². The van der Waals surface area contributed by atoms with Crippen LogP contribution in [0.25, 0.3) is 17.7 Å². The highest BCUT2D eigenvalue weighted by Crippen LogP contribution is 2.31. The molecule has 6 heteroatoms. The van der Waals surface area contributed by atoms with Gasteiger partial charge in [-0.3, -0.25) is 0 Å². The summed E-state index contributed by atoms with van der Waals surface area (Å²) in [6.07, 6.45) is 5.03. The maximum atomic E-state index is 11.9. The molecule has 0 bridgehead atoms. The van der Waals surface area contributed by atoms with Crippen LogP contribution >= 0.6 is 22.9 Å². The molecule has 0 amide bonds. The van der Waals surface area contributed by atoms with E-state index >= 15 is 0 Å². The maximum Gasteiger partial charge on any atom is 0.342 e. The van der Waals surface area contributed by atoms with Gasteiger partial charge in [0.1, 0.15) is 5.57 Å². The molecule has 0 atom stereocenters. The fourth-order valence-electron chi connectivity index (χ4n) is 1.77. The van der Waals surface area contributed by atoms with Crippen LogP contribution in [0, 0.1) is 0 Å². The molecule has 2 aromatic rings. The lowest BCUT2D eigenvalue weighted by atomic mass is 10.1. The topological polar surface area (TPSA) is 48.4 Å². The summed E-state index contributed by atoms with van der Waals surface area (Å²) in [5.41, 5.74) is 1.89. The molecule has 114 valence electrons. The Bertz CT molecular complexity index is 707. The number of carbonyl (C=O) groups excluding carboxylic acids is 1. The van der Waals surface area contributed by atoms with E-state index in [-0.39, 0.29) is 5.57 Å². The van der Waals surface area contributed by atoms with E-state index in [4.69, 9.17) is 21.1 Å². The number of rotatable bonds is 5. The Morgan fingerprint density at radius 1 is 1.23 bits per heavy atom. The minimum Gasteiger partial charge on any atom is -0.503 e. The van der Waals surface area contributed by atoms with E-state index in [0.29, 0.717) is 15.0 Å². The van der Waals surface area contributed by atoms with Crippen LogP contribution in [0.4, 0.5) is 0 Å². The molecule has 0 unspecified atom stereocenters. The number of aromatic nitrogens is 1. The number of benzene rings is 1. The molecule has 0 fully saturated rings. The van der Waals surface area contributed by atoms with E-state index < -0.39 is 5.97 Å². The average molecular weight is 336 g/mol. The third-order valence-electron chi connectivity index (χ3n) is 2.75. The van der Waals surface area contributed by atoms with Crippen molar-refractivity contribution in [2.24, 2.45) is 0 Å². The Balaban J connectivity index is 2.39. The molecule has 1 heterocycles. The molecule has 0 saturated heterocycles. The number of nitrogens with zero attached hydrogens (tertiary/aromatic N) is 1. The molecule has 0 aliphatic carbocycles. The van der Waals surface area contributed by atoms with Crippen molar-refractivity contribution in [3.63, 3.8) is 0 Å². The highest BCUT2D eigenvalue weighted by molar-refractivity contribution is 7.17. The van der Waals surface area contributed by atoms with Crippen LogP contribution in [0.1, 0.15) is 16.1 Å². The summed E-state index contributed by atoms with van der Waals surface area (Å²) in [6, 6.07) is 9.77. The van der Waals surface area contributed by atoms with Crippen LogP contribution in [0.5, 0.6) is 0 Å². The lowest BCUT2D eigenvalue weighted by Gasteiger charge is -2.03. The standard InChI is InChI=1S/C16H14ClNO3S/c1-20-10-12(15(19)21-2)14-13(18-16(17)22-14)9-8-11-6-4-3-5-7-11/h3-10H,1-2H3/b9-8+,12-10+. The summed E-state index contributed by atoms with van der Waals surface area (Å²) in [6.45, 7) is 0. The molecule has 0 spiro atoms. The van der Waals surface area contributed by atoms with Crippen LogP contribution in [-0.4, -0.2) is 25.2 Å². The first-order chi connectivity index (χ1) is 10.7. The van der Waals surface area contributed by atoms with Gasteiger partial charge in [0.05, 0.1) is 31.1 Å². The summed E-state index contributed by atoms with van der Waals surface area (Å²) in [5.74, 6) is -0.503. The maximum absolute atomic E-state index is 11.9. The van der Waals surface area contributed by atoms with Crippen molar-refractivity contribution >= 4 is 46.6 Å². The predicted octanol–water partition coefficient (Wildman–Crippen LogP) is 4.13. The molecule has 1 aromatic heterocycles. The number of esters is 1. The molecule has 0 aliphatic rings. The van der Waals surface area contributed by atoms with E-state index in [0.717, 1.165) is 5.56 Å². The zero-order chi connectivity index (χ0) is 15.9. The first kappa shape index (κ1) is 16.3. The number of halogens is 1. The largest absolute Gasteiger partial charge is 0.503 e. The van der Waals surface area contributed by atoms with E-state index in [1.807, 2.05) is 36.4 Å². The van der Waals surface area contributed by atoms with Crippen LogP contribution in [0.3, 0.4) is 0 Å². The molecule has 0 radical (unpaired) electrons. The van der Waals surface area contributed by atoms with Gasteiger partial charge in [0.25, 0.3) is 0 Å². The number of carbonyl (C=O) groups is 1. The zero-order valence-electron chi connectivity index (χ0n) is 12.1. The highest BCUT2D eigenvalue weighted by atomic mass is 35.5. The average Bonchev–Trinajstić information content (AvgIpc) is 2.91. The first-order valence-electron chi connectivity index (χ1n) is 6.36. The Hall–Kier alpha value is -2.11. The molecule has 1 aromatic carbocycles. The van der Waals surface area contributed by atoms with Gasteiger partial charge in [-0.25, -0.2) is 9.78 Å². The fourth-order valence-corrected chi connectivity index (χ4v) is 2.87. The lowest BCUT2D eigenvalue weighted by Crippen LogP contribution is -2.04. The second-order valence-electron chi connectivity index (χ2n) is 4.18. The minimum atomic E-state index is -0.503. The molecule has 2 rings (SSSR count). The predicted molar refractivity (Wildman–Crippen MR) is 89.5 cm³/mol. The lowest BCUT2D eigenvalue weighted by molar-refractivity contribution is -0.133. The number of ether oxygens (including phenoxy) is 2. The van der Waals surface area contributed by atoms with E-state index in [2.05, 4.69) is 4.98 Å².